The van der Waals surface area contributed by atoms with Gasteiger partial charge in [-0.25, -0.2) is 14.6 Å². The molecule has 0 aliphatic heterocycles. The van der Waals surface area contributed by atoms with Crippen LogP contribution >= 0.6 is 11.3 Å². The number of nitrogens with zero attached hydrogens (tertiary/aromatic N) is 3. The molecule has 0 radical (unpaired) electrons. The molecule has 0 fully saturated rings. The van der Waals surface area contributed by atoms with Gasteiger partial charge in [0.25, 0.3) is 0 Å². The third kappa shape index (κ3) is 3.34. The molecule has 0 spiro atoms. The molecule has 4 aromatic rings. The Bertz CT molecular complexity index is 1250. The molecule has 0 N–H and O–H groups in total. The maximum Gasteiger partial charge on any atom is 0.358 e. The lowest BCUT2D eigenvalue weighted by molar-refractivity contribution is 0.0468. The number of hydrogen-bond acceptors (Lipinski definition) is 7. The van der Waals surface area contributed by atoms with E-state index in [0.717, 1.165) is 22.1 Å². The molecule has 0 aliphatic rings. The minimum absolute atomic E-state index is 0.0385. The summed E-state index contributed by atoms with van der Waals surface area (Å²) in [5.41, 5.74) is 3.63. The van der Waals surface area contributed by atoms with Gasteiger partial charge < -0.3 is 9.15 Å². The van der Waals surface area contributed by atoms with Crippen molar-refractivity contribution in [2.75, 3.05) is 0 Å². The fourth-order valence-electron chi connectivity index (χ4n) is 2.89. The predicted octanol–water partition coefficient (Wildman–Crippen LogP) is 3.62. The Labute approximate surface area is 164 Å². The maximum atomic E-state index is 12.4. The van der Waals surface area contributed by atoms with Crippen LogP contribution in [0.4, 0.5) is 0 Å². The normalized spacial score (nSPS) is 11.1. The molecule has 0 amide bonds. The minimum atomic E-state index is -0.545. The Kier molecular flexibility index (Phi) is 4.56. The van der Waals surface area contributed by atoms with E-state index < -0.39 is 11.6 Å². The zero-order valence-corrected chi connectivity index (χ0v) is 16.4. The Balaban J connectivity index is 1.57. The summed E-state index contributed by atoms with van der Waals surface area (Å²) in [6.07, 6.45) is 3.52. The fraction of sp³-hybridized carbons (Fsp3) is 0.200. The van der Waals surface area contributed by atoms with Gasteiger partial charge in [-0.2, -0.15) is 5.10 Å². The van der Waals surface area contributed by atoms with E-state index in [-0.39, 0.29) is 12.3 Å². The van der Waals surface area contributed by atoms with Crippen LogP contribution in [0.2, 0.25) is 0 Å². The van der Waals surface area contributed by atoms with Gasteiger partial charge in [0.15, 0.2) is 5.69 Å². The van der Waals surface area contributed by atoms with Crippen LogP contribution in [0.1, 0.15) is 27.2 Å². The zero-order chi connectivity index (χ0) is 19.8. The molecular weight excluding hydrogens is 378 g/mol. The number of hydrogen-bond donors (Lipinski definition) is 0. The van der Waals surface area contributed by atoms with Crippen molar-refractivity contribution < 1.29 is 13.9 Å². The molecule has 0 bridgehead atoms. The molecule has 0 aliphatic carbocycles. The lowest BCUT2D eigenvalue weighted by atomic mass is 10.0. The van der Waals surface area contributed by atoms with Crippen molar-refractivity contribution in [2.24, 2.45) is 7.05 Å². The fourth-order valence-corrected chi connectivity index (χ4v) is 3.66. The van der Waals surface area contributed by atoms with Gasteiger partial charge in [-0.15, -0.1) is 11.3 Å². The van der Waals surface area contributed by atoms with Crippen LogP contribution in [0.5, 0.6) is 0 Å². The highest BCUT2D eigenvalue weighted by atomic mass is 32.1. The third-order valence-electron chi connectivity index (χ3n) is 4.54. The summed E-state index contributed by atoms with van der Waals surface area (Å²) in [4.78, 5) is 28.7. The number of aromatic nitrogens is 3. The summed E-state index contributed by atoms with van der Waals surface area (Å²) >= 11 is 1.34. The second-order valence-electron chi connectivity index (χ2n) is 6.49. The largest absolute Gasteiger partial charge is 0.456 e. The standard InChI is InChI=1S/C20H17N3O4S/c1-11-4-5-15-13(6-17(24)27-18(15)12(11)2)9-26-20(25)16-10-28-19(22-16)14-7-21-23(3)8-14/h4-8,10H,9H2,1-3H3. The SMILES string of the molecule is Cc1ccc2c(COC(=O)c3csc(-c4cnn(C)c4)n3)cc(=O)oc2c1C. The van der Waals surface area contributed by atoms with E-state index in [9.17, 15) is 9.59 Å². The second-order valence-corrected chi connectivity index (χ2v) is 7.35. The predicted molar refractivity (Wildman–Crippen MR) is 105 cm³/mol. The van der Waals surface area contributed by atoms with Crippen LogP contribution in [0, 0.1) is 13.8 Å². The van der Waals surface area contributed by atoms with E-state index in [1.807, 2.05) is 39.2 Å². The van der Waals surface area contributed by atoms with Crippen LogP contribution in [0.3, 0.4) is 0 Å². The number of carbonyl (C=O) groups is 1. The summed E-state index contributed by atoms with van der Waals surface area (Å²) in [5.74, 6) is -0.545. The number of carbonyl (C=O) groups excluding carboxylic acids is 1. The number of benzene rings is 1. The van der Waals surface area contributed by atoms with Crippen molar-refractivity contribution >= 4 is 28.3 Å². The summed E-state index contributed by atoms with van der Waals surface area (Å²) in [6.45, 7) is 3.80. The van der Waals surface area contributed by atoms with Gasteiger partial charge in [0.05, 0.1) is 6.20 Å². The second kappa shape index (κ2) is 7.05. The van der Waals surface area contributed by atoms with Crippen LogP contribution in [0.25, 0.3) is 21.5 Å². The van der Waals surface area contributed by atoms with Gasteiger partial charge in [0.1, 0.15) is 17.2 Å². The quantitative estimate of drug-likeness (QED) is 0.387. The van der Waals surface area contributed by atoms with Crippen molar-refractivity contribution in [3.63, 3.8) is 0 Å². The van der Waals surface area contributed by atoms with Crippen molar-refractivity contribution in [1.82, 2.24) is 14.8 Å². The highest BCUT2D eigenvalue weighted by Crippen LogP contribution is 2.25. The van der Waals surface area contributed by atoms with Crippen LogP contribution < -0.4 is 5.63 Å². The summed E-state index contributed by atoms with van der Waals surface area (Å²) < 4.78 is 12.4. The van der Waals surface area contributed by atoms with Gasteiger partial charge in [-0.05, 0) is 25.0 Å². The van der Waals surface area contributed by atoms with E-state index in [4.69, 9.17) is 9.15 Å². The first kappa shape index (κ1) is 18.1. The third-order valence-corrected chi connectivity index (χ3v) is 5.43. The minimum Gasteiger partial charge on any atom is -0.456 e. The molecular formula is C20H17N3O4S. The van der Waals surface area contributed by atoms with E-state index in [2.05, 4.69) is 10.1 Å². The molecule has 0 atom stereocenters. The molecule has 3 heterocycles. The molecule has 142 valence electrons. The van der Waals surface area contributed by atoms with E-state index >= 15 is 0 Å². The monoisotopic (exact) mass is 395 g/mol. The summed E-state index contributed by atoms with van der Waals surface area (Å²) in [7, 11) is 1.82. The maximum absolute atomic E-state index is 12.4. The Hall–Kier alpha value is -3.26. The molecule has 4 rings (SSSR count). The van der Waals surface area contributed by atoms with Gasteiger partial charge in [-0.3, -0.25) is 4.68 Å². The van der Waals surface area contributed by atoms with Crippen molar-refractivity contribution in [3.8, 4) is 10.6 Å². The van der Waals surface area contributed by atoms with E-state index in [1.165, 1.54) is 17.4 Å². The Morgan fingerprint density at radius 2 is 2.14 bits per heavy atom. The summed E-state index contributed by atoms with van der Waals surface area (Å²) in [6, 6.07) is 5.17. The van der Waals surface area contributed by atoms with E-state index in [1.54, 1.807) is 16.3 Å². The summed E-state index contributed by atoms with van der Waals surface area (Å²) in [5, 5.41) is 7.20. The van der Waals surface area contributed by atoms with Crippen LogP contribution in [0.15, 0.2) is 45.2 Å². The van der Waals surface area contributed by atoms with Crippen molar-refractivity contribution in [2.45, 2.75) is 20.5 Å². The Morgan fingerprint density at radius 1 is 1.32 bits per heavy atom. The first-order chi connectivity index (χ1) is 13.4. The number of thiazole rings is 1. The van der Waals surface area contributed by atoms with Gasteiger partial charge in [0.2, 0.25) is 0 Å². The molecule has 0 unspecified atom stereocenters. The highest BCUT2D eigenvalue weighted by Gasteiger charge is 2.16. The first-order valence-electron chi connectivity index (χ1n) is 8.57. The number of fused-ring (bicyclic) bond motifs is 1. The molecule has 8 heteroatoms. The lowest BCUT2D eigenvalue weighted by Gasteiger charge is -2.09. The van der Waals surface area contributed by atoms with E-state index in [0.29, 0.717) is 16.2 Å². The molecule has 0 saturated heterocycles. The number of ether oxygens (including phenoxy) is 1. The average Bonchev–Trinajstić information content (AvgIpc) is 3.32. The molecule has 3 aromatic heterocycles. The number of aryl methyl sites for hydroxylation is 3. The van der Waals surface area contributed by atoms with Gasteiger partial charge in [0, 0.05) is 41.2 Å². The molecule has 7 nitrogen and oxygen atoms in total. The zero-order valence-electron chi connectivity index (χ0n) is 15.6. The lowest BCUT2D eigenvalue weighted by Crippen LogP contribution is -2.08. The topological polar surface area (TPSA) is 87.2 Å². The van der Waals surface area contributed by atoms with Crippen molar-refractivity contribution in [3.05, 3.63) is 68.8 Å². The molecule has 28 heavy (non-hydrogen) atoms. The van der Waals surface area contributed by atoms with Crippen molar-refractivity contribution in [1.29, 1.82) is 0 Å². The first-order valence-corrected chi connectivity index (χ1v) is 9.45. The smallest absolute Gasteiger partial charge is 0.358 e. The highest BCUT2D eigenvalue weighted by molar-refractivity contribution is 7.13. The van der Waals surface area contributed by atoms with Crippen LogP contribution in [-0.2, 0) is 18.4 Å². The van der Waals surface area contributed by atoms with Gasteiger partial charge >= 0.3 is 11.6 Å². The molecule has 1 aromatic carbocycles. The average molecular weight is 395 g/mol. The number of rotatable bonds is 4. The Morgan fingerprint density at radius 3 is 2.89 bits per heavy atom. The van der Waals surface area contributed by atoms with Gasteiger partial charge in [-0.1, -0.05) is 12.1 Å². The number of esters is 1. The van der Waals surface area contributed by atoms with Crippen LogP contribution in [-0.4, -0.2) is 20.7 Å². The molecule has 0 saturated carbocycles.